The zero-order valence-electron chi connectivity index (χ0n) is 5.85. The van der Waals surface area contributed by atoms with Gasteiger partial charge in [-0.05, 0) is 39.7 Å². The van der Waals surface area contributed by atoms with Crippen molar-refractivity contribution >= 4 is 28.6 Å². The summed E-state index contributed by atoms with van der Waals surface area (Å²) in [5.41, 5.74) is 0.972. The summed E-state index contributed by atoms with van der Waals surface area (Å²) in [6, 6.07) is 5.04. The first-order chi connectivity index (χ1) is 5.25. The number of benzene rings is 1. The Hall–Kier alpha value is -0.0200. The van der Waals surface area contributed by atoms with Crippen molar-refractivity contribution < 1.29 is 4.39 Å². The number of aryl methyl sites for hydroxylation is 1. The van der Waals surface area contributed by atoms with Crippen LogP contribution in [-0.2, 0) is 6.42 Å². The average Bonchev–Trinajstić information content (AvgIpc) is 1.99. The van der Waals surface area contributed by atoms with E-state index in [-0.39, 0.29) is 5.82 Å². The van der Waals surface area contributed by atoms with Crippen molar-refractivity contribution in [2.75, 3.05) is 5.75 Å². The summed E-state index contributed by atoms with van der Waals surface area (Å²) in [6.07, 6.45) is 0.793. The molecule has 0 bridgehead atoms. The first-order valence-electron chi connectivity index (χ1n) is 3.29. The normalized spacial score (nSPS) is 10.1. The highest BCUT2D eigenvalue weighted by molar-refractivity contribution is 9.10. The Kier molecular flexibility index (Phi) is 3.40. The monoisotopic (exact) mass is 234 g/mol. The van der Waals surface area contributed by atoms with Gasteiger partial charge in [0.25, 0.3) is 0 Å². The second kappa shape index (κ2) is 4.12. The molecule has 0 atom stereocenters. The van der Waals surface area contributed by atoms with Gasteiger partial charge in [-0.2, -0.15) is 12.6 Å². The fourth-order valence-electron chi connectivity index (χ4n) is 0.862. The highest BCUT2D eigenvalue weighted by Crippen LogP contribution is 2.20. The molecule has 0 fully saturated rings. The van der Waals surface area contributed by atoms with Crippen LogP contribution in [0.5, 0.6) is 0 Å². The topological polar surface area (TPSA) is 0 Å². The molecule has 0 saturated carbocycles. The summed E-state index contributed by atoms with van der Waals surface area (Å²) >= 11 is 7.24. The van der Waals surface area contributed by atoms with Gasteiger partial charge in [-0.3, -0.25) is 0 Å². The molecule has 0 aliphatic rings. The van der Waals surface area contributed by atoms with Gasteiger partial charge in [-0.15, -0.1) is 0 Å². The Balaban J connectivity index is 2.96. The van der Waals surface area contributed by atoms with Gasteiger partial charge in [-0.1, -0.05) is 12.1 Å². The van der Waals surface area contributed by atoms with Crippen molar-refractivity contribution in [3.8, 4) is 0 Å². The fourth-order valence-corrected chi connectivity index (χ4v) is 1.57. The molecule has 1 aromatic rings. The summed E-state index contributed by atoms with van der Waals surface area (Å²) in [5, 5.41) is 0. The zero-order valence-corrected chi connectivity index (χ0v) is 8.33. The third-order valence-electron chi connectivity index (χ3n) is 1.41. The quantitative estimate of drug-likeness (QED) is 0.748. The number of hydrogen-bond donors (Lipinski definition) is 1. The molecule has 60 valence electrons. The molecule has 0 N–H and O–H groups in total. The van der Waals surface area contributed by atoms with Crippen LogP contribution in [0.1, 0.15) is 5.56 Å². The molecular weight excluding hydrogens is 227 g/mol. The number of rotatable bonds is 2. The summed E-state index contributed by atoms with van der Waals surface area (Å²) in [7, 11) is 0. The van der Waals surface area contributed by atoms with Gasteiger partial charge in [0, 0.05) is 0 Å². The van der Waals surface area contributed by atoms with Crippen LogP contribution in [0, 0.1) is 5.82 Å². The van der Waals surface area contributed by atoms with E-state index in [0.29, 0.717) is 4.47 Å². The van der Waals surface area contributed by atoms with Gasteiger partial charge in [0.15, 0.2) is 0 Å². The molecule has 0 heterocycles. The van der Waals surface area contributed by atoms with Crippen molar-refractivity contribution in [3.05, 3.63) is 34.1 Å². The Labute approximate surface area is 79.3 Å². The lowest BCUT2D eigenvalue weighted by Gasteiger charge is -2.01. The maximum absolute atomic E-state index is 12.8. The lowest BCUT2D eigenvalue weighted by atomic mass is 10.2. The van der Waals surface area contributed by atoms with E-state index in [2.05, 4.69) is 28.6 Å². The summed E-state index contributed by atoms with van der Waals surface area (Å²) in [5.74, 6) is 0.534. The third kappa shape index (κ3) is 2.20. The van der Waals surface area contributed by atoms with Crippen LogP contribution in [0.15, 0.2) is 22.7 Å². The zero-order chi connectivity index (χ0) is 8.27. The first-order valence-corrected chi connectivity index (χ1v) is 4.72. The molecule has 0 radical (unpaired) electrons. The highest BCUT2D eigenvalue weighted by atomic mass is 79.9. The molecular formula is C8H8BrFS. The molecule has 11 heavy (non-hydrogen) atoms. The molecule has 0 aliphatic heterocycles. The molecule has 0 spiro atoms. The van der Waals surface area contributed by atoms with Crippen molar-refractivity contribution in [2.24, 2.45) is 0 Å². The first kappa shape index (κ1) is 9.07. The standard InChI is InChI=1S/C8H8BrFS/c9-8-6(4-5-11)2-1-3-7(8)10/h1-3,11H,4-5H2. The van der Waals surface area contributed by atoms with E-state index in [1.165, 1.54) is 6.07 Å². The predicted octanol–water partition coefficient (Wildman–Crippen LogP) is 3.06. The van der Waals surface area contributed by atoms with Crippen molar-refractivity contribution in [1.29, 1.82) is 0 Å². The third-order valence-corrected chi connectivity index (χ3v) is 2.52. The van der Waals surface area contributed by atoms with Crippen LogP contribution in [0.4, 0.5) is 4.39 Å². The maximum atomic E-state index is 12.8. The van der Waals surface area contributed by atoms with Crippen molar-refractivity contribution in [1.82, 2.24) is 0 Å². The Morgan fingerprint density at radius 3 is 2.82 bits per heavy atom. The minimum atomic E-state index is -0.204. The largest absolute Gasteiger partial charge is 0.206 e. The number of thiol groups is 1. The smallest absolute Gasteiger partial charge is 0.137 e. The molecule has 3 heteroatoms. The molecule has 0 nitrogen and oxygen atoms in total. The van der Waals surface area contributed by atoms with E-state index >= 15 is 0 Å². The lowest BCUT2D eigenvalue weighted by molar-refractivity contribution is 0.618. The van der Waals surface area contributed by atoms with E-state index in [9.17, 15) is 4.39 Å². The van der Waals surface area contributed by atoms with Gasteiger partial charge in [0.2, 0.25) is 0 Å². The van der Waals surface area contributed by atoms with Gasteiger partial charge in [0.1, 0.15) is 5.82 Å². The minimum Gasteiger partial charge on any atom is -0.206 e. The van der Waals surface area contributed by atoms with E-state index < -0.39 is 0 Å². The van der Waals surface area contributed by atoms with E-state index in [1.54, 1.807) is 6.07 Å². The number of hydrogen-bond acceptors (Lipinski definition) is 1. The van der Waals surface area contributed by atoms with E-state index in [1.807, 2.05) is 6.07 Å². The van der Waals surface area contributed by atoms with Crippen molar-refractivity contribution in [3.63, 3.8) is 0 Å². The van der Waals surface area contributed by atoms with Gasteiger partial charge in [-0.25, -0.2) is 4.39 Å². The van der Waals surface area contributed by atoms with Crippen LogP contribution in [0.3, 0.4) is 0 Å². The molecule has 0 aromatic heterocycles. The van der Waals surface area contributed by atoms with Crippen LogP contribution in [-0.4, -0.2) is 5.75 Å². The average molecular weight is 235 g/mol. The summed E-state index contributed by atoms with van der Waals surface area (Å²) < 4.78 is 13.4. The van der Waals surface area contributed by atoms with Gasteiger partial charge >= 0.3 is 0 Å². The SMILES string of the molecule is Fc1cccc(CCS)c1Br. The highest BCUT2D eigenvalue weighted by Gasteiger charge is 2.02. The summed E-state index contributed by atoms with van der Waals surface area (Å²) in [6.45, 7) is 0. The Morgan fingerprint density at radius 2 is 2.18 bits per heavy atom. The summed E-state index contributed by atoms with van der Waals surface area (Å²) in [4.78, 5) is 0. The maximum Gasteiger partial charge on any atom is 0.137 e. The second-order valence-corrected chi connectivity index (χ2v) is 3.43. The number of halogens is 2. The predicted molar refractivity (Wildman–Crippen MR) is 51.7 cm³/mol. The van der Waals surface area contributed by atoms with Gasteiger partial charge in [0.05, 0.1) is 4.47 Å². The fraction of sp³-hybridized carbons (Fsp3) is 0.250. The Bertz CT molecular complexity index is 250. The molecule has 1 rings (SSSR count). The van der Waals surface area contributed by atoms with Crippen LogP contribution < -0.4 is 0 Å². The van der Waals surface area contributed by atoms with Crippen molar-refractivity contribution in [2.45, 2.75) is 6.42 Å². The van der Waals surface area contributed by atoms with Crippen LogP contribution >= 0.6 is 28.6 Å². The van der Waals surface area contributed by atoms with E-state index in [4.69, 9.17) is 0 Å². The van der Waals surface area contributed by atoms with Crippen LogP contribution in [0.25, 0.3) is 0 Å². The molecule has 1 aromatic carbocycles. The molecule has 0 saturated heterocycles. The van der Waals surface area contributed by atoms with Gasteiger partial charge < -0.3 is 0 Å². The molecule has 0 amide bonds. The lowest BCUT2D eigenvalue weighted by Crippen LogP contribution is -1.89. The molecule has 0 aliphatic carbocycles. The molecule has 0 unspecified atom stereocenters. The van der Waals surface area contributed by atoms with Crippen LogP contribution in [0.2, 0.25) is 0 Å². The second-order valence-electron chi connectivity index (χ2n) is 2.19. The Morgan fingerprint density at radius 1 is 1.45 bits per heavy atom. The van der Waals surface area contributed by atoms with E-state index in [0.717, 1.165) is 17.7 Å². The minimum absolute atomic E-state index is 0.204.